The van der Waals surface area contributed by atoms with Crippen molar-refractivity contribution >= 4 is 21.7 Å². The molecule has 0 heterocycles. The molecule has 0 saturated carbocycles. The van der Waals surface area contributed by atoms with Crippen LogP contribution in [0.2, 0.25) is 0 Å². The topological polar surface area (TPSA) is 92.3 Å². The molecule has 0 radical (unpaired) electrons. The van der Waals surface area contributed by atoms with Gasteiger partial charge in [0.25, 0.3) is 0 Å². The number of sulfone groups is 1. The second kappa shape index (κ2) is 6.88. The van der Waals surface area contributed by atoms with Crippen LogP contribution in [0.5, 0.6) is 0 Å². The van der Waals surface area contributed by atoms with Crippen LogP contribution in [0, 0.1) is 5.92 Å². The van der Waals surface area contributed by atoms with Crippen molar-refractivity contribution in [2.24, 2.45) is 5.92 Å². The van der Waals surface area contributed by atoms with Crippen LogP contribution < -0.4 is 10.6 Å². The monoisotopic (exact) mass is 292 g/mol. The third-order valence-electron chi connectivity index (χ3n) is 1.90. The van der Waals surface area contributed by atoms with Gasteiger partial charge in [-0.2, -0.15) is 0 Å². The largest absolute Gasteiger partial charge is 0.350 e. The highest BCUT2D eigenvalue weighted by Gasteiger charge is 2.19. The molecule has 7 heteroatoms. The molecule has 0 bridgehead atoms. The molecule has 6 nitrogen and oxygen atoms in total. The summed E-state index contributed by atoms with van der Waals surface area (Å²) < 4.78 is 23.1. The average Bonchev–Trinajstić information content (AvgIpc) is 2.08. The van der Waals surface area contributed by atoms with Gasteiger partial charge in [0.2, 0.25) is 11.8 Å². The molecule has 0 aromatic heterocycles. The molecule has 19 heavy (non-hydrogen) atoms. The van der Waals surface area contributed by atoms with Gasteiger partial charge in [-0.1, -0.05) is 13.8 Å². The van der Waals surface area contributed by atoms with Crippen LogP contribution >= 0.6 is 0 Å². The fourth-order valence-corrected chi connectivity index (χ4v) is 3.09. The fourth-order valence-electron chi connectivity index (χ4n) is 1.46. The third kappa shape index (κ3) is 10.5. The van der Waals surface area contributed by atoms with E-state index >= 15 is 0 Å². The Bertz CT molecular complexity index is 422. The van der Waals surface area contributed by atoms with Gasteiger partial charge in [0.15, 0.2) is 9.84 Å². The molecule has 0 saturated heterocycles. The van der Waals surface area contributed by atoms with Gasteiger partial charge in [0.05, 0.1) is 12.3 Å². The van der Waals surface area contributed by atoms with Gasteiger partial charge in [-0.05, 0) is 26.7 Å². The van der Waals surface area contributed by atoms with Crippen LogP contribution in [0.3, 0.4) is 0 Å². The molecule has 0 fully saturated rings. The van der Waals surface area contributed by atoms with Gasteiger partial charge in [-0.25, -0.2) is 8.42 Å². The van der Waals surface area contributed by atoms with Crippen molar-refractivity contribution in [3.63, 3.8) is 0 Å². The molecule has 112 valence electrons. The molecular weight excluding hydrogens is 268 g/mol. The summed E-state index contributed by atoms with van der Waals surface area (Å²) in [5.74, 6) is -1.63. The van der Waals surface area contributed by atoms with Crippen LogP contribution in [-0.4, -0.2) is 43.8 Å². The minimum atomic E-state index is -3.41. The first kappa shape index (κ1) is 17.9. The first-order valence-corrected chi connectivity index (χ1v) is 8.01. The van der Waals surface area contributed by atoms with E-state index in [0.717, 1.165) is 0 Å². The summed E-state index contributed by atoms with van der Waals surface area (Å²) in [4.78, 5) is 22.9. The minimum Gasteiger partial charge on any atom is -0.350 e. The molecular formula is C12H24N2O4S. The molecule has 0 aromatic rings. The summed E-state index contributed by atoms with van der Waals surface area (Å²) in [5, 5.41) is 4.97. The highest BCUT2D eigenvalue weighted by molar-refractivity contribution is 7.92. The lowest BCUT2D eigenvalue weighted by atomic mass is 10.1. The standard InChI is InChI=1S/C12H24N2O4S/c1-9(2)7-19(17,18)8-11(16)13-6-10(15)14-12(3,4)5/h9H,6-8H2,1-5H3,(H,13,16)(H,14,15). The van der Waals surface area contributed by atoms with E-state index in [9.17, 15) is 18.0 Å². The van der Waals surface area contributed by atoms with Crippen LogP contribution in [0.25, 0.3) is 0 Å². The van der Waals surface area contributed by atoms with Crippen molar-refractivity contribution in [2.45, 2.75) is 40.2 Å². The molecule has 0 rings (SSSR count). The molecule has 0 spiro atoms. The molecule has 0 unspecified atom stereocenters. The Balaban J connectivity index is 4.17. The van der Waals surface area contributed by atoms with Crippen molar-refractivity contribution in [3.8, 4) is 0 Å². The zero-order valence-electron chi connectivity index (χ0n) is 12.2. The predicted octanol–water partition coefficient (Wildman–Crippen LogP) is 0.0881. The quantitative estimate of drug-likeness (QED) is 0.725. The highest BCUT2D eigenvalue weighted by atomic mass is 32.2. The number of amides is 2. The highest BCUT2D eigenvalue weighted by Crippen LogP contribution is 2.00. The lowest BCUT2D eigenvalue weighted by Gasteiger charge is -2.20. The van der Waals surface area contributed by atoms with Crippen LogP contribution in [0.15, 0.2) is 0 Å². The second-order valence-corrected chi connectivity index (χ2v) is 8.13. The third-order valence-corrected chi connectivity index (χ3v) is 3.78. The number of hydrogen-bond acceptors (Lipinski definition) is 4. The minimum absolute atomic E-state index is 0.0259. The number of carbonyl (C=O) groups is 2. The summed E-state index contributed by atoms with van der Waals surface area (Å²) in [6.07, 6.45) is 0. The summed E-state index contributed by atoms with van der Waals surface area (Å²) in [5.41, 5.74) is -0.383. The Hall–Kier alpha value is -1.11. The van der Waals surface area contributed by atoms with Gasteiger partial charge in [0.1, 0.15) is 5.75 Å². The Morgan fingerprint density at radius 3 is 2.05 bits per heavy atom. The molecule has 0 aliphatic carbocycles. The molecule has 0 aliphatic rings. The molecule has 2 amide bonds. The van der Waals surface area contributed by atoms with Crippen LogP contribution in [0.4, 0.5) is 0 Å². The first-order valence-electron chi connectivity index (χ1n) is 6.19. The molecule has 0 atom stereocenters. The normalized spacial score (nSPS) is 12.3. The Labute approximate surface area is 115 Å². The number of carbonyl (C=O) groups excluding carboxylic acids is 2. The van der Waals surface area contributed by atoms with E-state index in [0.29, 0.717) is 0 Å². The number of hydrogen-bond donors (Lipinski definition) is 2. The molecule has 2 N–H and O–H groups in total. The number of rotatable bonds is 6. The lowest BCUT2D eigenvalue weighted by molar-refractivity contribution is -0.125. The van der Waals surface area contributed by atoms with E-state index in [1.165, 1.54) is 0 Å². The predicted molar refractivity (Wildman–Crippen MR) is 74.4 cm³/mol. The summed E-state index contributed by atoms with van der Waals surface area (Å²) in [6.45, 7) is 8.78. The van der Waals surface area contributed by atoms with E-state index in [-0.39, 0.29) is 29.7 Å². The van der Waals surface area contributed by atoms with E-state index in [4.69, 9.17) is 0 Å². The van der Waals surface area contributed by atoms with E-state index in [2.05, 4.69) is 10.6 Å². The van der Waals surface area contributed by atoms with Gasteiger partial charge in [0, 0.05) is 5.54 Å². The second-order valence-electron chi connectivity index (χ2n) is 6.02. The zero-order chi connectivity index (χ0) is 15.3. The maximum absolute atomic E-state index is 11.6. The van der Waals surface area contributed by atoms with Crippen molar-refractivity contribution < 1.29 is 18.0 Å². The van der Waals surface area contributed by atoms with Crippen molar-refractivity contribution in [3.05, 3.63) is 0 Å². The average molecular weight is 292 g/mol. The van der Waals surface area contributed by atoms with E-state index < -0.39 is 21.5 Å². The van der Waals surface area contributed by atoms with Gasteiger partial charge < -0.3 is 10.6 Å². The van der Waals surface area contributed by atoms with Crippen molar-refractivity contribution in [1.82, 2.24) is 10.6 Å². The summed E-state index contributed by atoms with van der Waals surface area (Å²) >= 11 is 0. The maximum atomic E-state index is 11.6. The van der Waals surface area contributed by atoms with Crippen LogP contribution in [-0.2, 0) is 19.4 Å². The van der Waals surface area contributed by atoms with E-state index in [1.807, 2.05) is 20.8 Å². The SMILES string of the molecule is CC(C)CS(=O)(=O)CC(=O)NCC(=O)NC(C)(C)C. The maximum Gasteiger partial charge on any atom is 0.239 e. The van der Waals surface area contributed by atoms with Crippen molar-refractivity contribution in [1.29, 1.82) is 0 Å². The molecule has 0 aromatic carbocycles. The van der Waals surface area contributed by atoms with Gasteiger partial charge >= 0.3 is 0 Å². The lowest BCUT2D eigenvalue weighted by Crippen LogP contribution is -2.46. The fraction of sp³-hybridized carbons (Fsp3) is 0.833. The van der Waals surface area contributed by atoms with Gasteiger partial charge in [-0.15, -0.1) is 0 Å². The zero-order valence-corrected chi connectivity index (χ0v) is 13.1. The Kier molecular flexibility index (Phi) is 6.48. The van der Waals surface area contributed by atoms with Crippen molar-refractivity contribution in [2.75, 3.05) is 18.1 Å². The number of nitrogens with one attached hydrogen (secondary N) is 2. The molecule has 0 aliphatic heterocycles. The Morgan fingerprint density at radius 1 is 1.11 bits per heavy atom. The van der Waals surface area contributed by atoms with E-state index in [1.54, 1.807) is 13.8 Å². The Morgan fingerprint density at radius 2 is 1.63 bits per heavy atom. The summed E-state index contributed by atoms with van der Waals surface area (Å²) in [7, 11) is -3.41. The summed E-state index contributed by atoms with van der Waals surface area (Å²) in [6, 6.07) is 0. The van der Waals surface area contributed by atoms with Gasteiger partial charge in [-0.3, -0.25) is 9.59 Å². The van der Waals surface area contributed by atoms with Crippen LogP contribution in [0.1, 0.15) is 34.6 Å². The first-order chi connectivity index (χ1) is 8.41. The smallest absolute Gasteiger partial charge is 0.239 e.